The molecule has 0 aromatic heterocycles. The van der Waals surface area contributed by atoms with Gasteiger partial charge in [0.1, 0.15) is 6.07 Å². The largest absolute Gasteiger partial charge is 0.490 e. The second kappa shape index (κ2) is 8.05. The number of benzene rings is 1. The van der Waals surface area contributed by atoms with Gasteiger partial charge in [0.05, 0.1) is 18.6 Å². The summed E-state index contributed by atoms with van der Waals surface area (Å²) < 4.78 is 10.8. The fourth-order valence-corrected chi connectivity index (χ4v) is 2.26. The van der Waals surface area contributed by atoms with Crippen LogP contribution in [0.3, 0.4) is 0 Å². The SMILES string of the molecule is CCOc1cc(C=NN=C2NC(=O)CS2)ccc1OCC#N. The topological polar surface area (TPSA) is 96.1 Å². The Morgan fingerprint density at radius 2 is 2.32 bits per heavy atom. The molecular formula is C14H14N4O3S. The van der Waals surface area contributed by atoms with Crippen molar-refractivity contribution in [3.8, 4) is 17.6 Å². The number of carbonyl (C=O) groups is 1. The highest BCUT2D eigenvalue weighted by Gasteiger charge is 2.15. The number of carbonyl (C=O) groups excluding carboxylic acids is 1. The Balaban J connectivity index is 2.09. The van der Waals surface area contributed by atoms with Crippen LogP contribution in [0.5, 0.6) is 11.5 Å². The van der Waals surface area contributed by atoms with E-state index in [1.54, 1.807) is 24.4 Å². The molecule has 1 amide bonds. The summed E-state index contributed by atoms with van der Waals surface area (Å²) in [6.45, 7) is 2.30. The lowest BCUT2D eigenvalue weighted by Crippen LogP contribution is -2.19. The zero-order chi connectivity index (χ0) is 15.8. The van der Waals surface area contributed by atoms with E-state index in [1.165, 1.54) is 11.8 Å². The molecule has 0 saturated carbocycles. The van der Waals surface area contributed by atoms with Gasteiger partial charge in [-0.2, -0.15) is 10.4 Å². The number of nitriles is 1. The summed E-state index contributed by atoms with van der Waals surface area (Å²) in [4.78, 5) is 11.0. The van der Waals surface area contributed by atoms with Crippen LogP contribution in [0.25, 0.3) is 0 Å². The van der Waals surface area contributed by atoms with E-state index in [1.807, 2.05) is 13.0 Å². The summed E-state index contributed by atoms with van der Waals surface area (Å²) in [7, 11) is 0. The number of nitrogens with one attached hydrogen (secondary N) is 1. The highest BCUT2D eigenvalue weighted by molar-refractivity contribution is 8.15. The molecule has 1 aliphatic heterocycles. The molecule has 7 nitrogen and oxygen atoms in total. The molecule has 0 bridgehead atoms. The van der Waals surface area contributed by atoms with Gasteiger partial charge in [0.2, 0.25) is 5.91 Å². The summed E-state index contributed by atoms with van der Waals surface area (Å²) in [5.41, 5.74) is 0.770. The average molecular weight is 318 g/mol. The van der Waals surface area contributed by atoms with E-state index >= 15 is 0 Å². The molecule has 0 atom stereocenters. The van der Waals surface area contributed by atoms with Gasteiger partial charge >= 0.3 is 0 Å². The standard InChI is InChI=1S/C14H14N4O3S/c1-2-20-12-7-10(3-4-11(12)21-6-5-15)8-16-18-14-17-13(19)9-22-14/h3-4,7-8H,2,6,9H2,1H3,(H,17,18,19). The summed E-state index contributed by atoms with van der Waals surface area (Å²) in [5.74, 6) is 1.34. The smallest absolute Gasteiger partial charge is 0.236 e. The van der Waals surface area contributed by atoms with Crippen molar-refractivity contribution in [1.82, 2.24) is 5.32 Å². The van der Waals surface area contributed by atoms with Gasteiger partial charge in [0.25, 0.3) is 0 Å². The minimum absolute atomic E-state index is 0.0436. The minimum atomic E-state index is -0.0726. The lowest BCUT2D eigenvalue weighted by molar-refractivity contribution is -0.116. The number of hydrogen-bond acceptors (Lipinski definition) is 7. The highest BCUT2D eigenvalue weighted by Crippen LogP contribution is 2.28. The highest BCUT2D eigenvalue weighted by atomic mass is 32.2. The van der Waals surface area contributed by atoms with Crippen molar-refractivity contribution < 1.29 is 14.3 Å². The fraction of sp³-hybridized carbons (Fsp3) is 0.286. The van der Waals surface area contributed by atoms with E-state index in [2.05, 4.69) is 15.5 Å². The Bertz CT molecular complexity index is 652. The van der Waals surface area contributed by atoms with E-state index in [0.29, 0.717) is 29.0 Å². The number of amidine groups is 1. The molecule has 1 aromatic carbocycles. The molecule has 1 N–H and O–H groups in total. The predicted molar refractivity (Wildman–Crippen MR) is 84.3 cm³/mol. The molecule has 1 heterocycles. The molecule has 0 unspecified atom stereocenters. The Labute approximate surface area is 132 Å². The van der Waals surface area contributed by atoms with Gasteiger partial charge in [-0.15, -0.1) is 5.10 Å². The maximum atomic E-state index is 11.0. The van der Waals surface area contributed by atoms with Crippen molar-refractivity contribution in [1.29, 1.82) is 5.26 Å². The third-order valence-electron chi connectivity index (χ3n) is 2.50. The monoisotopic (exact) mass is 318 g/mol. The third-order valence-corrected chi connectivity index (χ3v) is 3.37. The Hall–Kier alpha value is -2.53. The second-order valence-electron chi connectivity index (χ2n) is 4.07. The first-order valence-electron chi connectivity index (χ1n) is 6.53. The van der Waals surface area contributed by atoms with Crippen molar-refractivity contribution in [3.05, 3.63) is 23.8 Å². The van der Waals surface area contributed by atoms with Crippen LogP contribution in [-0.2, 0) is 4.79 Å². The van der Waals surface area contributed by atoms with E-state index in [9.17, 15) is 4.79 Å². The van der Waals surface area contributed by atoms with Crippen molar-refractivity contribution in [3.63, 3.8) is 0 Å². The molecule has 0 radical (unpaired) electrons. The van der Waals surface area contributed by atoms with Gasteiger partial charge < -0.3 is 14.8 Å². The van der Waals surface area contributed by atoms with Gasteiger partial charge in [-0.3, -0.25) is 4.79 Å². The zero-order valence-electron chi connectivity index (χ0n) is 11.9. The number of nitrogens with zero attached hydrogens (tertiary/aromatic N) is 3. The van der Waals surface area contributed by atoms with Crippen molar-refractivity contribution in [2.75, 3.05) is 19.0 Å². The maximum absolute atomic E-state index is 11.0. The minimum Gasteiger partial charge on any atom is -0.490 e. The first-order chi connectivity index (χ1) is 10.7. The molecule has 1 aromatic rings. The molecule has 114 valence electrons. The van der Waals surface area contributed by atoms with E-state index in [0.717, 1.165) is 5.56 Å². The van der Waals surface area contributed by atoms with Crippen LogP contribution < -0.4 is 14.8 Å². The molecule has 0 spiro atoms. The van der Waals surface area contributed by atoms with Crippen LogP contribution in [0.1, 0.15) is 12.5 Å². The van der Waals surface area contributed by atoms with Crippen molar-refractivity contribution in [2.24, 2.45) is 10.2 Å². The fourth-order valence-electron chi connectivity index (χ4n) is 1.63. The molecule has 1 aliphatic rings. The quantitative estimate of drug-likeness (QED) is 0.634. The van der Waals surface area contributed by atoms with Crippen LogP contribution >= 0.6 is 11.8 Å². The number of hydrogen-bond donors (Lipinski definition) is 1. The molecule has 22 heavy (non-hydrogen) atoms. The van der Waals surface area contributed by atoms with Crippen LogP contribution in [0, 0.1) is 11.3 Å². The average Bonchev–Trinajstić information content (AvgIpc) is 2.92. The maximum Gasteiger partial charge on any atom is 0.236 e. The lowest BCUT2D eigenvalue weighted by atomic mass is 10.2. The summed E-state index contributed by atoms with van der Waals surface area (Å²) in [6.07, 6.45) is 1.55. The Morgan fingerprint density at radius 1 is 1.45 bits per heavy atom. The summed E-state index contributed by atoms with van der Waals surface area (Å²) in [5, 5.41) is 19.5. The normalized spacial score (nSPS) is 15.8. The molecule has 1 saturated heterocycles. The number of thioether (sulfide) groups is 1. The van der Waals surface area contributed by atoms with Gasteiger partial charge in [-0.1, -0.05) is 11.8 Å². The van der Waals surface area contributed by atoms with Crippen molar-refractivity contribution >= 4 is 29.1 Å². The van der Waals surface area contributed by atoms with E-state index < -0.39 is 0 Å². The number of ether oxygens (including phenoxy) is 2. The molecule has 2 rings (SSSR count). The lowest BCUT2D eigenvalue weighted by Gasteiger charge is -2.10. The molecular weight excluding hydrogens is 304 g/mol. The first kappa shape index (κ1) is 15.9. The van der Waals surface area contributed by atoms with Crippen LogP contribution in [0.4, 0.5) is 0 Å². The van der Waals surface area contributed by atoms with Gasteiger partial charge in [-0.25, -0.2) is 0 Å². The molecule has 1 fully saturated rings. The van der Waals surface area contributed by atoms with Crippen molar-refractivity contribution in [2.45, 2.75) is 6.92 Å². The Kier molecular flexibility index (Phi) is 5.80. The van der Waals surface area contributed by atoms with Crippen LogP contribution in [0.2, 0.25) is 0 Å². The van der Waals surface area contributed by atoms with Gasteiger partial charge in [0, 0.05) is 0 Å². The van der Waals surface area contributed by atoms with Gasteiger partial charge in [0.15, 0.2) is 23.3 Å². The van der Waals surface area contributed by atoms with Crippen LogP contribution in [0.15, 0.2) is 28.4 Å². The Morgan fingerprint density at radius 3 is 3.00 bits per heavy atom. The van der Waals surface area contributed by atoms with E-state index in [-0.39, 0.29) is 12.5 Å². The molecule has 0 aliphatic carbocycles. The first-order valence-corrected chi connectivity index (χ1v) is 7.51. The molecule has 8 heteroatoms. The second-order valence-corrected chi connectivity index (χ2v) is 5.04. The number of rotatable bonds is 6. The van der Waals surface area contributed by atoms with Gasteiger partial charge in [-0.05, 0) is 30.7 Å². The zero-order valence-corrected chi connectivity index (χ0v) is 12.7. The van der Waals surface area contributed by atoms with Crippen LogP contribution in [-0.4, -0.2) is 36.3 Å². The third kappa shape index (κ3) is 4.49. The van der Waals surface area contributed by atoms with E-state index in [4.69, 9.17) is 14.7 Å². The number of amides is 1. The summed E-state index contributed by atoms with van der Waals surface area (Å²) >= 11 is 1.31. The predicted octanol–water partition coefficient (Wildman–Crippen LogP) is 1.54. The summed E-state index contributed by atoms with van der Waals surface area (Å²) in [6, 6.07) is 7.15.